The highest BCUT2D eigenvalue weighted by Gasteiger charge is 2.25. The van der Waals surface area contributed by atoms with Crippen LogP contribution in [0.3, 0.4) is 0 Å². The third kappa shape index (κ3) is 2.90. The molecule has 6 nitrogen and oxygen atoms in total. The topological polar surface area (TPSA) is 58.6 Å². The molecule has 2 aromatic heterocycles. The fourth-order valence-electron chi connectivity index (χ4n) is 2.93. The van der Waals surface area contributed by atoms with Crippen molar-refractivity contribution in [3.05, 3.63) is 16.8 Å². The Hall–Kier alpha value is -1.73. The van der Waals surface area contributed by atoms with Gasteiger partial charge in [-0.3, -0.25) is 4.79 Å². The first kappa shape index (κ1) is 16.1. The van der Waals surface area contributed by atoms with Gasteiger partial charge < -0.3 is 14.5 Å². The number of ether oxygens (including phenoxy) is 1. The molecular formula is C16H22N4O2S. The van der Waals surface area contributed by atoms with Crippen LogP contribution in [-0.2, 0) is 4.74 Å². The Bertz CT molecular complexity index is 705. The van der Waals surface area contributed by atoms with E-state index in [1.165, 1.54) is 11.3 Å². The molecule has 1 fully saturated rings. The van der Waals surface area contributed by atoms with E-state index in [-0.39, 0.29) is 5.91 Å². The van der Waals surface area contributed by atoms with Crippen molar-refractivity contribution < 1.29 is 9.53 Å². The summed E-state index contributed by atoms with van der Waals surface area (Å²) in [6.45, 7) is 10.5. The van der Waals surface area contributed by atoms with Gasteiger partial charge in [-0.05, 0) is 26.3 Å². The molecule has 0 radical (unpaired) electrons. The van der Waals surface area contributed by atoms with Gasteiger partial charge in [-0.15, -0.1) is 11.3 Å². The van der Waals surface area contributed by atoms with Crippen molar-refractivity contribution in [2.75, 3.05) is 44.3 Å². The molecule has 0 unspecified atom stereocenters. The number of thiophene rings is 1. The molecule has 1 aliphatic rings. The molecule has 1 saturated heterocycles. The summed E-state index contributed by atoms with van der Waals surface area (Å²) in [5.41, 5.74) is 0.990. The number of aromatic nitrogens is 2. The average molecular weight is 334 g/mol. The maximum absolute atomic E-state index is 12.8. The van der Waals surface area contributed by atoms with Gasteiger partial charge in [-0.2, -0.15) is 0 Å². The largest absolute Gasteiger partial charge is 0.378 e. The molecule has 0 aromatic carbocycles. The van der Waals surface area contributed by atoms with Crippen LogP contribution < -0.4 is 4.90 Å². The number of amides is 1. The summed E-state index contributed by atoms with van der Waals surface area (Å²) in [6, 6.07) is 0. The number of nitrogens with zero attached hydrogens (tertiary/aromatic N) is 4. The second kappa shape index (κ2) is 6.80. The summed E-state index contributed by atoms with van der Waals surface area (Å²) in [7, 11) is 0. The van der Waals surface area contributed by atoms with E-state index >= 15 is 0 Å². The van der Waals surface area contributed by atoms with Gasteiger partial charge in [-0.25, -0.2) is 9.97 Å². The first-order valence-corrected chi connectivity index (χ1v) is 8.85. The van der Waals surface area contributed by atoms with E-state index in [9.17, 15) is 4.79 Å². The van der Waals surface area contributed by atoms with Crippen LogP contribution in [0.1, 0.15) is 29.1 Å². The Morgan fingerprint density at radius 1 is 1.30 bits per heavy atom. The van der Waals surface area contributed by atoms with Crippen molar-refractivity contribution in [2.24, 2.45) is 0 Å². The molecule has 1 amide bonds. The zero-order chi connectivity index (χ0) is 16.4. The number of hydrogen-bond donors (Lipinski definition) is 0. The molecule has 1 aliphatic heterocycles. The van der Waals surface area contributed by atoms with E-state index in [4.69, 9.17) is 4.74 Å². The van der Waals surface area contributed by atoms with Gasteiger partial charge in [0.05, 0.1) is 23.5 Å². The van der Waals surface area contributed by atoms with Gasteiger partial charge in [0.1, 0.15) is 17.0 Å². The molecular weight excluding hydrogens is 312 g/mol. The zero-order valence-corrected chi connectivity index (χ0v) is 14.7. The van der Waals surface area contributed by atoms with Crippen molar-refractivity contribution >= 4 is 33.3 Å². The Kier molecular flexibility index (Phi) is 4.77. The van der Waals surface area contributed by atoms with E-state index in [1.54, 1.807) is 6.33 Å². The Labute approximate surface area is 140 Å². The Balaban J connectivity index is 2.04. The van der Waals surface area contributed by atoms with E-state index in [2.05, 4.69) is 28.7 Å². The summed E-state index contributed by atoms with van der Waals surface area (Å²) in [4.78, 5) is 27.4. The minimum atomic E-state index is 0.0827. The van der Waals surface area contributed by atoms with Gasteiger partial charge in [0.15, 0.2) is 0 Å². The van der Waals surface area contributed by atoms with E-state index in [1.807, 2.05) is 11.8 Å². The summed E-state index contributed by atoms with van der Waals surface area (Å²) < 4.78 is 5.34. The number of carbonyl (C=O) groups is 1. The second-order valence-electron chi connectivity index (χ2n) is 5.51. The molecule has 0 atom stereocenters. The molecule has 3 rings (SSSR count). The van der Waals surface area contributed by atoms with Gasteiger partial charge in [0.2, 0.25) is 0 Å². The SMILES string of the molecule is CCN(CC)c1ncnc2sc(C(=O)N3CCOCC3)c(C)c12. The standard InChI is InChI=1S/C16H22N4O2S/c1-4-19(5-2)14-12-11(3)13(23-15(12)18-10-17-14)16(21)20-6-8-22-9-7-20/h10H,4-9H2,1-3H3. The lowest BCUT2D eigenvalue weighted by Crippen LogP contribution is -2.40. The molecule has 23 heavy (non-hydrogen) atoms. The summed E-state index contributed by atoms with van der Waals surface area (Å²) in [6.07, 6.45) is 1.59. The van der Waals surface area contributed by atoms with Crippen molar-refractivity contribution in [3.63, 3.8) is 0 Å². The Morgan fingerprint density at radius 3 is 2.65 bits per heavy atom. The maximum atomic E-state index is 12.8. The molecule has 0 spiro atoms. The van der Waals surface area contributed by atoms with Crippen LogP contribution in [-0.4, -0.2) is 60.2 Å². The Morgan fingerprint density at radius 2 is 2.00 bits per heavy atom. The average Bonchev–Trinajstić information content (AvgIpc) is 2.94. The highest BCUT2D eigenvalue weighted by Crippen LogP contribution is 2.35. The van der Waals surface area contributed by atoms with Crippen LogP contribution in [0.5, 0.6) is 0 Å². The lowest BCUT2D eigenvalue weighted by molar-refractivity contribution is 0.0306. The predicted molar refractivity (Wildman–Crippen MR) is 92.4 cm³/mol. The van der Waals surface area contributed by atoms with Crippen molar-refractivity contribution in [3.8, 4) is 0 Å². The second-order valence-corrected chi connectivity index (χ2v) is 6.51. The molecule has 124 valence electrons. The van der Waals surface area contributed by atoms with Crippen molar-refractivity contribution in [2.45, 2.75) is 20.8 Å². The molecule has 2 aromatic rings. The minimum Gasteiger partial charge on any atom is -0.378 e. The third-order valence-electron chi connectivity index (χ3n) is 4.26. The summed E-state index contributed by atoms with van der Waals surface area (Å²) >= 11 is 1.47. The molecule has 0 bridgehead atoms. The first-order chi connectivity index (χ1) is 11.2. The number of anilines is 1. The number of carbonyl (C=O) groups excluding carboxylic acids is 1. The van der Waals surface area contributed by atoms with Crippen molar-refractivity contribution in [1.82, 2.24) is 14.9 Å². The van der Waals surface area contributed by atoms with Crippen LogP contribution in [0.25, 0.3) is 10.2 Å². The third-order valence-corrected chi connectivity index (χ3v) is 5.45. The van der Waals surface area contributed by atoms with Crippen LogP contribution in [0.15, 0.2) is 6.33 Å². The highest BCUT2D eigenvalue weighted by molar-refractivity contribution is 7.20. The lowest BCUT2D eigenvalue weighted by Gasteiger charge is -2.26. The van der Waals surface area contributed by atoms with Crippen LogP contribution in [0.2, 0.25) is 0 Å². The van der Waals surface area contributed by atoms with Gasteiger partial charge in [0.25, 0.3) is 5.91 Å². The van der Waals surface area contributed by atoms with Crippen LogP contribution in [0.4, 0.5) is 5.82 Å². The molecule has 0 N–H and O–H groups in total. The molecule has 3 heterocycles. The number of aryl methyl sites for hydroxylation is 1. The van der Waals surface area contributed by atoms with Crippen LogP contribution in [0, 0.1) is 6.92 Å². The molecule has 0 saturated carbocycles. The normalized spacial score (nSPS) is 15.2. The fraction of sp³-hybridized carbons (Fsp3) is 0.562. The number of fused-ring (bicyclic) bond motifs is 1. The number of morpholine rings is 1. The summed E-state index contributed by atoms with van der Waals surface area (Å²) in [5.74, 6) is 1.01. The van der Waals surface area contributed by atoms with Crippen molar-refractivity contribution in [1.29, 1.82) is 0 Å². The van der Waals surface area contributed by atoms with E-state index in [0.717, 1.165) is 39.6 Å². The zero-order valence-electron chi connectivity index (χ0n) is 13.8. The monoisotopic (exact) mass is 334 g/mol. The molecule has 0 aliphatic carbocycles. The smallest absolute Gasteiger partial charge is 0.264 e. The predicted octanol–water partition coefficient (Wildman–Crippen LogP) is 2.32. The minimum absolute atomic E-state index is 0.0827. The first-order valence-electron chi connectivity index (χ1n) is 8.03. The van der Waals surface area contributed by atoms with Gasteiger partial charge in [0, 0.05) is 26.2 Å². The number of rotatable bonds is 4. The lowest BCUT2D eigenvalue weighted by atomic mass is 10.1. The van der Waals surface area contributed by atoms with Gasteiger partial charge >= 0.3 is 0 Å². The van der Waals surface area contributed by atoms with E-state index in [0.29, 0.717) is 26.3 Å². The fourth-order valence-corrected chi connectivity index (χ4v) is 4.04. The van der Waals surface area contributed by atoms with E-state index < -0.39 is 0 Å². The highest BCUT2D eigenvalue weighted by atomic mass is 32.1. The number of hydrogen-bond acceptors (Lipinski definition) is 6. The van der Waals surface area contributed by atoms with Gasteiger partial charge in [-0.1, -0.05) is 0 Å². The molecule has 7 heteroatoms. The maximum Gasteiger partial charge on any atom is 0.264 e. The summed E-state index contributed by atoms with van der Waals surface area (Å²) in [5, 5.41) is 1.01. The quantitative estimate of drug-likeness (QED) is 0.859. The van der Waals surface area contributed by atoms with Crippen LogP contribution >= 0.6 is 11.3 Å².